The number of nitrogens with zero attached hydrogens (tertiary/aromatic N) is 2. The van der Waals surface area contributed by atoms with Crippen molar-refractivity contribution in [1.29, 1.82) is 0 Å². The Morgan fingerprint density at radius 3 is 2.50 bits per heavy atom. The molecular formula is C17H19Cl2N3O2. The molecule has 5 nitrogen and oxygen atoms in total. The van der Waals surface area contributed by atoms with Crippen molar-refractivity contribution in [3.05, 3.63) is 52.4 Å². The number of piperazine rings is 1. The SMILES string of the molecule is O=C(CN1CCN(Cc2ccco2)CC1)Nc1ccc(Cl)c(Cl)c1. The van der Waals surface area contributed by atoms with Gasteiger partial charge in [0.25, 0.3) is 0 Å². The number of hydrogen-bond acceptors (Lipinski definition) is 4. The van der Waals surface area contributed by atoms with Crippen LogP contribution in [0.4, 0.5) is 5.69 Å². The van der Waals surface area contributed by atoms with Gasteiger partial charge in [-0.25, -0.2) is 0 Å². The first-order valence-electron chi connectivity index (χ1n) is 7.82. The van der Waals surface area contributed by atoms with Crippen molar-refractivity contribution in [2.24, 2.45) is 0 Å². The van der Waals surface area contributed by atoms with Gasteiger partial charge >= 0.3 is 0 Å². The third-order valence-electron chi connectivity index (χ3n) is 4.00. The van der Waals surface area contributed by atoms with Crippen LogP contribution < -0.4 is 5.32 Å². The van der Waals surface area contributed by atoms with Crippen LogP contribution in [0.15, 0.2) is 41.0 Å². The standard InChI is InChI=1S/C17H19Cl2N3O2/c18-15-4-3-13(10-16(15)19)20-17(23)12-22-7-5-21(6-8-22)11-14-2-1-9-24-14/h1-4,9-10H,5-8,11-12H2,(H,20,23). The van der Waals surface area contributed by atoms with Crippen LogP contribution in [0.5, 0.6) is 0 Å². The summed E-state index contributed by atoms with van der Waals surface area (Å²) in [7, 11) is 0. The minimum absolute atomic E-state index is 0.0483. The van der Waals surface area contributed by atoms with Gasteiger partial charge in [0.2, 0.25) is 5.91 Å². The molecule has 0 unspecified atom stereocenters. The molecule has 1 aliphatic heterocycles. The number of hydrogen-bond donors (Lipinski definition) is 1. The van der Waals surface area contributed by atoms with Crippen molar-refractivity contribution in [2.75, 3.05) is 38.0 Å². The van der Waals surface area contributed by atoms with E-state index in [9.17, 15) is 4.79 Å². The maximum Gasteiger partial charge on any atom is 0.238 e. The van der Waals surface area contributed by atoms with Gasteiger partial charge in [-0.05, 0) is 30.3 Å². The number of nitrogens with one attached hydrogen (secondary N) is 1. The van der Waals surface area contributed by atoms with Crippen LogP contribution in [-0.4, -0.2) is 48.4 Å². The first kappa shape index (κ1) is 17.3. The summed E-state index contributed by atoms with van der Waals surface area (Å²) in [5.41, 5.74) is 0.658. The van der Waals surface area contributed by atoms with Crippen molar-refractivity contribution >= 4 is 34.8 Å². The predicted molar refractivity (Wildman–Crippen MR) is 95.5 cm³/mol. The highest BCUT2D eigenvalue weighted by atomic mass is 35.5. The van der Waals surface area contributed by atoms with E-state index in [1.165, 1.54) is 0 Å². The third-order valence-corrected chi connectivity index (χ3v) is 4.73. The lowest BCUT2D eigenvalue weighted by Gasteiger charge is -2.33. The summed E-state index contributed by atoms with van der Waals surface area (Å²) in [6.07, 6.45) is 1.69. The molecule has 2 aromatic rings. The topological polar surface area (TPSA) is 48.7 Å². The molecule has 2 heterocycles. The lowest BCUT2D eigenvalue weighted by atomic mass is 10.3. The molecule has 3 rings (SSSR count). The lowest BCUT2D eigenvalue weighted by molar-refractivity contribution is -0.117. The largest absolute Gasteiger partial charge is 0.468 e. The molecular weight excluding hydrogens is 349 g/mol. The number of amides is 1. The minimum Gasteiger partial charge on any atom is -0.468 e. The molecule has 0 radical (unpaired) electrons. The molecule has 24 heavy (non-hydrogen) atoms. The van der Waals surface area contributed by atoms with Crippen LogP contribution in [0.2, 0.25) is 10.0 Å². The normalized spacial score (nSPS) is 16.2. The molecule has 1 saturated heterocycles. The van der Waals surface area contributed by atoms with E-state index in [1.807, 2.05) is 12.1 Å². The zero-order valence-electron chi connectivity index (χ0n) is 13.2. The molecule has 0 atom stereocenters. The molecule has 1 amide bonds. The number of anilines is 1. The summed E-state index contributed by atoms with van der Waals surface area (Å²) in [5, 5.41) is 3.76. The smallest absolute Gasteiger partial charge is 0.238 e. The molecule has 1 aromatic carbocycles. The first-order valence-corrected chi connectivity index (χ1v) is 8.58. The van der Waals surface area contributed by atoms with Crippen LogP contribution in [-0.2, 0) is 11.3 Å². The molecule has 1 fully saturated rings. The molecule has 0 spiro atoms. The summed E-state index contributed by atoms with van der Waals surface area (Å²) < 4.78 is 5.37. The summed E-state index contributed by atoms with van der Waals surface area (Å²) in [6.45, 7) is 4.73. The van der Waals surface area contributed by atoms with Crippen LogP contribution >= 0.6 is 23.2 Å². The van der Waals surface area contributed by atoms with Crippen molar-refractivity contribution in [3.8, 4) is 0 Å². The van der Waals surface area contributed by atoms with Gasteiger partial charge in [-0.3, -0.25) is 14.6 Å². The van der Waals surface area contributed by atoms with Gasteiger partial charge in [0.15, 0.2) is 0 Å². The van der Waals surface area contributed by atoms with Gasteiger partial charge in [-0.1, -0.05) is 23.2 Å². The zero-order chi connectivity index (χ0) is 16.9. The van der Waals surface area contributed by atoms with Gasteiger partial charge in [-0.15, -0.1) is 0 Å². The van der Waals surface area contributed by atoms with E-state index in [2.05, 4.69) is 15.1 Å². The van der Waals surface area contributed by atoms with Crippen LogP contribution in [0.1, 0.15) is 5.76 Å². The second-order valence-electron chi connectivity index (χ2n) is 5.81. The Kier molecular flexibility index (Phi) is 5.79. The number of benzene rings is 1. The van der Waals surface area contributed by atoms with Crippen LogP contribution in [0.3, 0.4) is 0 Å². The fourth-order valence-corrected chi connectivity index (χ4v) is 3.00. The van der Waals surface area contributed by atoms with E-state index < -0.39 is 0 Å². The van der Waals surface area contributed by atoms with E-state index in [0.717, 1.165) is 38.5 Å². The molecule has 7 heteroatoms. The van der Waals surface area contributed by atoms with Crippen LogP contribution in [0, 0.1) is 0 Å². The molecule has 1 aromatic heterocycles. The second-order valence-corrected chi connectivity index (χ2v) is 6.62. The number of furan rings is 1. The molecule has 0 saturated carbocycles. The fourth-order valence-electron chi connectivity index (χ4n) is 2.71. The average Bonchev–Trinajstić information content (AvgIpc) is 3.06. The fraction of sp³-hybridized carbons (Fsp3) is 0.353. The lowest BCUT2D eigenvalue weighted by Crippen LogP contribution is -2.48. The van der Waals surface area contributed by atoms with Gasteiger partial charge in [0, 0.05) is 31.9 Å². The summed E-state index contributed by atoms with van der Waals surface area (Å²) in [6, 6.07) is 8.96. The van der Waals surface area contributed by atoms with Crippen molar-refractivity contribution in [2.45, 2.75) is 6.54 Å². The highest BCUT2D eigenvalue weighted by Gasteiger charge is 2.19. The van der Waals surface area contributed by atoms with Gasteiger partial charge in [0.1, 0.15) is 5.76 Å². The Morgan fingerprint density at radius 2 is 1.83 bits per heavy atom. The zero-order valence-corrected chi connectivity index (χ0v) is 14.7. The summed E-state index contributed by atoms with van der Waals surface area (Å²) in [5.74, 6) is 0.925. The number of halogens is 2. The molecule has 1 aliphatic rings. The molecule has 1 N–H and O–H groups in total. The van der Waals surface area contributed by atoms with Gasteiger partial charge < -0.3 is 9.73 Å². The Hall–Kier alpha value is -1.53. The monoisotopic (exact) mass is 367 g/mol. The van der Waals surface area contributed by atoms with Gasteiger partial charge in [0.05, 0.1) is 29.4 Å². The van der Waals surface area contributed by atoms with Crippen molar-refractivity contribution in [1.82, 2.24) is 9.80 Å². The second kappa shape index (κ2) is 8.03. The minimum atomic E-state index is -0.0483. The van der Waals surface area contributed by atoms with E-state index >= 15 is 0 Å². The van der Waals surface area contributed by atoms with Crippen molar-refractivity contribution in [3.63, 3.8) is 0 Å². The Bertz CT molecular complexity index is 683. The number of carbonyl (C=O) groups excluding carboxylic acids is 1. The highest BCUT2D eigenvalue weighted by molar-refractivity contribution is 6.42. The van der Waals surface area contributed by atoms with E-state index in [0.29, 0.717) is 22.3 Å². The summed E-state index contributed by atoms with van der Waals surface area (Å²) >= 11 is 11.8. The van der Waals surface area contributed by atoms with Crippen LogP contribution in [0.25, 0.3) is 0 Å². The van der Waals surface area contributed by atoms with Crippen molar-refractivity contribution < 1.29 is 9.21 Å². The predicted octanol–water partition coefficient (Wildman–Crippen LogP) is 3.34. The quantitative estimate of drug-likeness (QED) is 0.880. The number of rotatable bonds is 5. The Labute approximate surface area is 151 Å². The molecule has 128 valence electrons. The maximum atomic E-state index is 12.2. The molecule has 0 bridgehead atoms. The highest BCUT2D eigenvalue weighted by Crippen LogP contribution is 2.25. The summed E-state index contributed by atoms with van der Waals surface area (Å²) in [4.78, 5) is 16.6. The van der Waals surface area contributed by atoms with E-state index in [-0.39, 0.29) is 5.91 Å². The number of carbonyl (C=O) groups is 1. The Balaban J connectivity index is 1.43. The third kappa shape index (κ3) is 4.74. The average molecular weight is 368 g/mol. The molecule has 0 aliphatic carbocycles. The Morgan fingerprint density at radius 1 is 1.08 bits per heavy atom. The first-order chi connectivity index (χ1) is 11.6. The van der Waals surface area contributed by atoms with E-state index in [4.69, 9.17) is 27.6 Å². The maximum absolute atomic E-state index is 12.2. The van der Waals surface area contributed by atoms with E-state index in [1.54, 1.807) is 24.5 Å². The van der Waals surface area contributed by atoms with Gasteiger partial charge in [-0.2, -0.15) is 0 Å².